The summed E-state index contributed by atoms with van der Waals surface area (Å²) in [5, 5.41) is 3.35. The number of hydrogen-bond acceptors (Lipinski definition) is 4. The van der Waals surface area contributed by atoms with Crippen LogP contribution in [-0.4, -0.2) is 80.0 Å². The third-order valence-corrected chi connectivity index (χ3v) is 7.79. The van der Waals surface area contributed by atoms with Gasteiger partial charge < -0.3 is 10.2 Å². The number of hydrogen-bond donors (Lipinski definition) is 1. The highest BCUT2D eigenvalue weighted by molar-refractivity contribution is 14.0. The second-order valence-electron chi connectivity index (χ2n) is 7.50. The van der Waals surface area contributed by atoms with Crippen molar-refractivity contribution in [3.63, 3.8) is 0 Å². The Bertz CT molecular complexity index is 545. The van der Waals surface area contributed by atoms with Crippen molar-refractivity contribution in [2.45, 2.75) is 57.7 Å². The Labute approximate surface area is 170 Å². The van der Waals surface area contributed by atoms with Gasteiger partial charge in [-0.2, -0.15) is 0 Å². The lowest BCUT2D eigenvalue weighted by atomic mass is 10.2. The Hall–Kier alpha value is -0.0900. The SMILES string of the molecule is CCNC(=NCC(CC)N1CCCC1)N1CCS(=O)(=O)C(C)(C)C1.I. The molecule has 2 rings (SSSR count). The zero-order valence-corrected chi connectivity index (χ0v) is 19.3. The van der Waals surface area contributed by atoms with Crippen molar-refractivity contribution in [3.05, 3.63) is 0 Å². The van der Waals surface area contributed by atoms with E-state index in [0.29, 0.717) is 19.1 Å². The first-order valence-corrected chi connectivity index (χ1v) is 11.0. The average Bonchev–Trinajstić information content (AvgIpc) is 3.04. The average molecular weight is 486 g/mol. The molecular weight excluding hydrogens is 451 g/mol. The van der Waals surface area contributed by atoms with E-state index in [9.17, 15) is 8.42 Å². The molecule has 0 aromatic rings. The molecule has 6 nitrogen and oxygen atoms in total. The van der Waals surface area contributed by atoms with Gasteiger partial charge in [0.25, 0.3) is 0 Å². The van der Waals surface area contributed by atoms with Crippen molar-refractivity contribution in [2.75, 3.05) is 45.0 Å². The highest BCUT2D eigenvalue weighted by atomic mass is 127. The van der Waals surface area contributed by atoms with Gasteiger partial charge in [0.2, 0.25) is 0 Å². The maximum Gasteiger partial charge on any atom is 0.194 e. The minimum atomic E-state index is -3.02. The van der Waals surface area contributed by atoms with Crippen molar-refractivity contribution in [1.29, 1.82) is 0 Å². The van der Waals surface area contributed by atoms with E-state index in [4.69, 9.17) is 4.99 Å². The Morgan fingerprint density at radius 1 is 1.20 bits per heavy atom. The molecule has 0 aromatic heterocycles. The molecule has 2 fully saturated rings. The van der Waals surface area contributed by atoms with Gasteiger partial charge >= 0.3 is 0 Å². The van der Waals surface area contributed by atoms with Crippen LogP contribution in [0.4, 0.5) is 0 Å². The number of aliphatic imine (C=N–C) groups is 1. The maximum absolute atomic E-state index is 12.2. The molecular formula is C17H35IN4O2S. The van der Waals surface area contributed by atoms with Crippen LogP contribution in [0.25, 0.3) is 0 Å². The van der Waals surface area contributed by atoms with Crippen molar-refractivity contribution in [2.24, 2.45) is 4.99 Å². The summed E-state index contributed by atoms with van der Waals surface area (Å²) < 4.78 is 23.7. The predicted octanol–water partition coefficient (Wildman–Crippen LogP) is 1.95. The summed E-state index contributed by atoms with van der Waals surface area (Å²) >= 11 is 0. The van der Waals surface area contributed by atoms with E-state index in [1.807, 2.05) is 13.8 Å². The van der Waals surface area contributed by atoms with Gasteiger partial charge in [0.15, 0.2) is 15.8 Å². The molecule has 2 saturated heterocycles. The number of halogens is 1. The van der Waals surface area contributed by atoms with E-state index < -0.39 is 14.6 Å². The molecule has 0 bridgehead atoms. The summed E-state index contributed by atoms with van der Waals surface area (Å²) in [7, 11) is -3.02. The zero-order chi connectivity index (χ0) is 17.8. The van der Waals surface area contributed by atoms with Gasteiger partial charge in [-0.3, -0.25) is 9.89 Å². The van der Waals surface area contributed by atoms with Gasteiger partial charge in [0.05, 0.1) is 17.0 Å². The molecule has 0 amide bonds. The molecule has 1 unspecified atom stereocenters. The van der Waals surface area contributed by atoms with E-state index >= 15 is 0 Å². The summed E-state index contributed by atoms with van der Waals surface area (Å²) in [6.07, 6.45) is 3.68. The lowest BCUT2D eigenvalue weighted by Crippen LogP contribution is -2.57. The number of rotatable bonds is 5. The van der Waals surface area contributed by atoms with Crippen molar-refractivity contribution in [3.8, 4) is 0 Å². The molecule has 2 aliphatic rings. The first-order valence-electron chi connectivity index (χ1n) is 9.30. The molecule has 148 valence electrons. The van der Waals surface area contributed by atoms with Crippen LogP contribution in [0.5, 0.6) is 0 Å². The van der Waals surface area contributed by atoms with Gasteiger partial charge in [-0.05, 0) is 53.1 Å². The molecule has 0 saturated carbocycles. The van der Waals surface area contributed by atoms with E-state index in [2.05, 4.69) is 29.0 Å². The summed E-state index contributed by atoms with van der Waals surface area (Å²) in [6, 6.07) is 0.489. The van der Waals surface area contributed by atoms with Crippen molar-refractivity contribution in [1.82, 2.24) is 15.1 Å². The molecule has 0 spiro atoms. The van der Waals surface area contributed by atoms with Crippen molar-refractivity contribution >= 4 is 39.8 Å². The highest BCUT2D eigenvalue weighted by Gasteiger charge is 2.41. The van der Waals surface area contributed by atoms with Crippen LogP contribution in [0.3, 0.4) is 0 Å². The lowest BCUT2D eigenvalue weighted by Gasteiger charge is -2.39. The zero-order valence-electron chi connectivity index (χ0n) is 16.1. The largest absolute Gasteiger partial charge is 0.357 e. The first-order chi connectivity index (χ1) is 11.3. The van der Waals surface area contributed by atoms with E-state index in [1.54, 1.807) is 0 Å². The Morgan fingerprint density at radius 3 is 2.36 bits per heavy atom. The number of sulfone groups is 1. The molecule has 2 aliphatic heterocycles. The van der Waals surface area contributed by atoms with E-state index in [0.717, 1.165) is 25.5 Å². The van der Waals surface area contributed by atoms with E-state index in [1.165, 1.54) is 25.9 Å². The third-order valence-electron chi connectivity index (χ3n) is 5.26. The van der Waals surface area contributed by atoms with Crippen LogP contribution in [-0.2, 0) is 9.84 Å². The van der Waals surface area contributed by atoms with Gasteiger partial charge in [0.1, 0.15) is 0 Å². The van der Waals surface area contributed by atoms with Crippen molar-refractivity contribution < 1.29 is 8.42 Å². The van der Waals surface area contributed by atoms with Gasteiger partial charge in [-0.1, -0.05) is 6.92 Å². The summed E-state index contributed by atoms with van der Waals surface area (Å²) in [5.41, 5.74) is 0. The van der Waals surface area contributed by atoms with Crippen LogP contribution in [0.15, 0.2) is 4.99 Å². The molecule has 0 radical (unpaired) electrons. The van der Waals surface area contributed by atoms with Gasteiger partial charge in [-0.15, -0.1) is 24.0 Å². The fraction of sp³-hybridized carbons (Fsp3) is 0.941. The van der Waals surface area contributed by atoms with Crippen LogP contribution in [0.1, 0.15) is 47.0 Å². The second kappa shape index (κ2) is 9.73. The summed E-state index contributed by atoms with van der Waals surface area (Å²) in [6.45, 7) is 12.9. The summed E-state index contributed by atoms with van der Waals surface area (Å²) in [5.74, 6) is 1.06. The summed E-state index contributed by atoms with van der Waals surface area (Å²) in [4.78, 5) is 9.51. The monoisotopic (exact) mass is 486 g/mol. The third kappa shape index (κ3) is 5.69. The van der Waals surface area contributed by atoms with Crippen LogP contribution < -0.4 is 5.32 Å². The number of nitrogens with zero attached hydrogens (tertiary/aromatic N) is 3. The normalized spacial score (nSPS) is 24.6. The smallest absolute Gasteiger partial charge is 0.194 e. The molecule has 0 aromatic carbocycles. The number of nitrogens with one attached hydrogen (secondary N) is 1. The topological polar surface area (TPSA) is 65.0 Å². The highest BCUT2D eigenvalue weighted by Crippen LogP contribution is 2.24. The molecule has 2 heterocycles. The molecule has 25 heavy (non-hydrogen) atoms. The standard InChI is InChI=1S/C17H34N4O2S.HI/c1-5-15(20-9-7-8-10-20)13-19-16(18-6-2)21-11-12-24(22,23)17(3,4)14-21;/h15H,5-14H2,1-4H3,(H,18,19);1H. The molecule has 1 N–H and O–H groups in total. The predicted molar refractivity (Wildman–Crippen MR) is 116 cm³/mol. The van der Waals surface area contributed by atoms with Crippen LogP contribution in [0, 0.1) is 0 Å². The van der Waals surface area contributed by atoms with Crippen LogP contribution >= 0.6 is 24.0 Å². The number of likely N-dealkylation sites (tertiary alicyclic amines) is 1. The lowest BCUT2D eigenvalue weighted by molar-refractivity contribution is 0.241. The first kappa shape index (κ1) is 23.0. The Kier molecular flexibility index (Phi) is 8.93. The maximum atomic E-state index is 12.2. The fourth-order valence-electron chi connectivity index (χ4n) is 3.55. The Balaban J connectivity index is 0.00000312. The molecule has 1 atom stereocenters. The van der Waals surface area contributed by atoms with E-state index in [-0.39, 0.29) is 29.7 Å². The van der Waals surface area contributed by atoms with Gasteiger partial charge in [-0.25, -0.2) is 8.42 Å². The molecule has 0 aliphatic carbocycles. The van der Waals surface area contributed by atoms with Gasteiger partial charge in [0, 0.05) is 25.7 Å². The second-order valence-corrected chi connectivity index (χ2v) is 10.2. The minimum Gasteiger partial charge on any atom is -0.357 e. The fourth-order valence-corrected chi connectivity index (χ4v) is 4.92. The molecule has 8 heteroatoms. The van der Waals surface area contributed by atoms with Crippen LogP contribution in [0.2, 0.25) is 0 Å². The number of guanidine groups is 1. The Morgan fingerprint density at radius 2 is 1.84 bits per heavy atom. The quantitative estimate of drug-likeness (QED) is 0.366. The minimum absolute atomic E-state index is 0.